The van der Waals surface area contributed by atoms with Crippen molar-refractivity contribution < 1.29 is 9.47 Å². The Bertz CT molecular complexity index is 466. The van der Waals surface area contributed by atoms with E-state index in [4.69, 9.17) is 9.47 Å². The van der Waals surface area contributed by atoms with E-state index in [9.17, 15) is 0 Å². The second kappa shape index (κ2) is 6.60. The van der Waals surface area contributed by atoms with Crippen molar-refractivity contribution >= 4 is 15.9 Å². The molecule has 2 fully saturated rings. The van der Waals surface area contributed by atoms with Gasteiger partial charge in [-0.2, -0.15) is 0 Å². The van der Waals surface area contributed by atoms with Crippen LogP contribution in [0.25, 0.3) is 0 Å². The van der Waals surface area contributed by atoms with Gasteiger partial charge in [-0.05, 0) is 38.3 Å². The van der Waals surface area contributed by atoms with Crippen molar-refractivity contribution in [2.45, 2.75) is 62.8 Å². The molecule has 2 saturated carbocycles. The maximum absolute atomic E-state index is 6.35. The minimum atomic E-state index is 0.358. The molecule has 2 unspecified atom stereocenters. The average Bonchev–Trinajstić information content (AvgIpc) is 2.76. The third-order valence-electron chi connectivity index (χ3n) is 5.12. The molecule has 116 valence electrons. The second-order valence-corrected chi connectivity index (χ2v) is 7.47. The highest BCUT2D eigenvalue weighted by molar-refractivity contribution is 9.09. The van der Waals surface area contributed by atoms with Gasteiger partial charge < -0.3 is 9.47 Å². The van der Waals surface area contributed by atoms with Gasteiger partial charge in [0, 0.05) is 16.3 Å². The number of rotatable bonds is 4. The lowest BCUT2D eigenvalue weighted by Crippen LogP contribution is -2.56. The van der Waals surface area contributed by atoms with Gasteiger partial charge in [-0.15, -0.1) is 0 Å². The van der Waals surface area contributed by atoms with Gasteiger partial charge >= 0.3 is 0 Å². The molecule has 3 rings (SSSR count). The predicted octanol–water partition coefficient (Wildman–Crippen LogP) is 5.34. The van der Waals surface area contributed by atoms with Crippen molar-refractivity contribution in [3.8, 4) is 11.5 Å². The highest BCUT2D eigenvalue weighted by atomic mass is 79.9. The summed E-state index contributed by atoms with van der Waals surface area (Å²) in [6.45, 7) is 2.70. The Balaban J connectivity index is 1.70. The number of halogens is 1. The molecule has 0 aromatic heterocycles. The van der Waals surface area contributed by atoms with E-state index >= 15 is 0 Å². The molecule has 1 spiro atoms. The zero-order valence-electron chi connectivity index (χ0n) is 12.8. The van der Waals surface area contributed by atoms with Gasteiger partial charge in [0.25, 0.3) is 0 Å². The summed E-state index contributed by atoms with van der Waals surface area (Å²) in [5.74, 6) is 1.86. The van der Waals surface area contributed by atoms with Crippen molar-refractivity contribution in [2.75, 3.05) is 6.61 Å². The lowest BCUT2D eigenvalue weighted by Gasteiger charge is -2.53. The lowest BCUT2D eigenvalue weighted by atomic mass is 9.61. The molecule has 0 bridgehead atoms. The average molecular weight is 353 g/mol. The molecule has 3 heteroatoms. The summed E-state index contributed by atoms with van der Waals surface area (Å²) >= 11 is 3.90. The van der Waals surface area contributed by atoms with Crippen molar-refractivity contribution in [3.63, 3.8) is 0 Å². The third kappa shape index (κ3) is 3.08. The number of hydrogen-bond acceptors (Lipinski definition) is 2. The smallest absolute Gasteiger partial charge is 0.123 e. The van der Waals surface area contributed by atoms with Crippen LogP contribution < -0.4 is 9.47 Å². The van der Waals surface area contributed by atoms with Crippen LogP contribution in [0.3, 0.4) is 0 Å². The van der Waals surface area contributed by atoms with Crippen LogP contribution in [0.1, 0.15) is 51.9 Å². The molecule has 0 heterocycles. The Kier molecular flexibility index (Phi) is 4.78. The van der Waals surface area contributed by atoms with Gasteiger partial charge in [0.15, 0.2) is 0 Å². The predicted molar refractivity (Wildman–Crippen MR) is 89.5 cm³/mol. The largest absolute Gasteiger partial charge is 0.494 e. The van der Waals surface area contributed by atoms with Crippen LogP contribution in [0.4, 0.5) is 0 Å². The second-order valence-electron chi connectivity index (χ2n) is 6.36. The van der Waals surface area contributed by atoms with Gasteiger partial charge in [0.1, 0.15) is 17.6 Å². The number of alkyl halides is 1. The molecule has 0 saturated heterocycles. The maximum atomic E-state index is 6.35. The number of benzene rings is 1. The topological polar surface area (TPSA) is 18.5 Å². The first-order chi connectivity index (χ1) is 10.2. The molecule has 2 aliphatic carbocycles. The monoisotopic (exact) mass is 352 g/mol. The summed E-state index contributed by atoms with van der Waals surface area (Å²) in [5, 5.41) is 0. The van der Waals surface area contributed by atoms with Crippen LogP contribution >= 0.6 is 15.9 Å². The summed E-state index contributed by atoms with van der Waals surface area (Å²) in [7, 11) is 0. The van der Waals surface area contributed by atoms with E-state index in [1.54, 1.807) is 0 Å². The van der Waals surface area contributed by atoms with E-state index in [1.807, 2.05) is 25.1 Å². The molecule has 2 aliphatic rings. The number of ether oxygens (including phenoxy) is 2. The highest BCUT2D eigenvalue weighted by Crippen LogP contribution is 2.55. The Morgan fingerprint density at radius 3 is 2.52 bits per heavy atom. The Morgan fingerprint density at radius 1 is 1.14 bits per heavy atom. The molecule has 21 heavy (non-hydrogen) atoms. The fraction of sp³-hybridized carbons (Fsp3) is 0.667. The molecule has 0 aliphatic heterocycles. The van der Waals surface area contributed by atoms with Crippen molar-refractivity contribution in [3.05, 3.63) is 24.3 Å². The van der Waals surface area contributed by atoms with E-state index < -0.39 is 0 Å². The lowest BCUT2D eigenvalue weighted by molar-refractivity contribution is -0.0462. The normalized spacial score (nSPS) is 27.7. The Labute approximate surface area is 136 Å². The van der Waals surface area contributed by atoms with E-state index in [-0.39, 0.29) is 0 Å². The Hall–Kier alpha value is -0.700. The van der Waals surface area contributed by atoms with Gasteiger partial charge in [-0.3, -0.25) is 0 Å². The molecular formula is C18H25BrO2. The first-order valence-electron chi connectivity index (χ1n) is 8.28. The molecule has 0 N–H and O–H groups in total. The zero-order valence-corrected chi connectivity index (χ0v) is 14.4. The van der Waals surface area contributed by atoms with E-state index in [0.29, 0.717) is 23.0 Å². The van der Waals surface area contributed by atoms with Gasteiger partial charge in [0.05, 0.1) is 6.61 Å². The summed E-state index contributed by atoms with van der Waals surface area (Å²) in [4.78, 5) is 0.628. The van der Waals surface area contributed by atoms with Crippen LogP contribution in [-0.4, -0.2) is 17.5 Å². The third-order valence-corrected chi connectivity index (χ3v) is 6.40. The SMILES string of the molecule is CCOc1cccc(OC2CC(Br)C23CCCCCC3)c1. The van der Waals surface area contributed by atoms with E-state index in [1.165, 1.54) is 38.5 Å². The van der Waals surface area contributed by atoms with E-state index in [2.05, 4.69) is 22.0 Å². The first-order valence-corrected chi connectivity index (χ1v) is 9.20. The minimum absolute atomic E-state index is 0.358. The maximum Gasteiger partial charge on any atom is 0.123 e. The fourth-order valence-corrected chi connectivity index (χ4v) is 4.95. The zero-order chi connectivity index (χ0) is 14.7. The highest BCUT2D eigenvalue weighted by Gasteiger charge is 2.54. The first kappa shape index (κ1) is 15.2. The van der Waals surface area contributed by atoms with Crippen molar-refractivity contribution in [2.24, 2.45) is 5.41 Å². The van der Waals surface area contributed by atoms with Gasteiger partial charge in [-0.1, -0.05) is 47.7 Å². The summed E-state index contributed by atoms with van der Waals surface area (Å²) in [5.41, 5.74) is 0.359. The summed E-state index contributed by atoms with van der Waals surface area (Å²) in [6.07, 6.45) is 9.55. The van der Waals surface area contributed by atoms with E-state index in [0.717, 1.165) is 17.9 Å². The molecule has 1 aromatic carbocycles. The van der Waals surface area contributed by atoms with Crippen LogP contribution in [0, 0.1) is 5.41 Å². The molecule has 2 atom stereocenters. The quantitative estimate of drug-likeness (QED) is 0.680. The van der Waals surface area contributed by atoms with Gasteiger partial charge in [-0.25, -0.2) is 0 Å². The van der Waals surface area contributed by atoms with Crippen LogP contribution in [0.15, 0.2) is 24.3 Å². The van der Waals surface area contributed by atoms with Crippen LogP contribution in [0.2, 0.25) is 0 Å². The summed E-state index contributed by atoms with van der Waals surface area (Å²) < 4.78 is 11.9. The molecule has 0 amide bonds. The number of hydrogen-bond donors (Lipinski definition) is 0. The summed E-state index contributed by atoms with van der Waals surface area (Å²) in [6, 6.07) is 8.08. The van der Waals surface area contributed by atoms with Gasteiger partial charge in [0.2, 0.25) is 0 Å². The van der Waals surface area contributed by atoms with Crippen molar-refractivity contribution in [1.29, 1.82) is 0 Å². The van der Waals surface area contributed by atoms with Crippen molar-refractivity contribution in [1.82, 2.24) is 0 Å². The van der Waals surface area contributed by atoms with Crippen LogP contribution in [-0.2, 0) is 0 Å². The van der Waals surface area contributed by atoms with Crippen LogP contribution in [0.5, 0.6) is 11.5 Å². The Morgan fingerprint density at radius 2 is 1.86 bits per heavy atom. The fourth-order valence-electron chi connectivity index (χ4n) is 3.85. The molecular weight excluding hydrogens is 328 g/mol. The molecule has 0 radical (unpaired) electrons. The minimum Gasteiger partial charge on any atom is -0.494 e. The molecule has 1 aromatic rings. The molecule has 2 nitrogen and oxygen atoms in total. The standard InChI is InChI=1S/C18H25BrO2/c1-2-20-14-8-7-9-15(12-14)21-17-13-16(19)18(17)10-5-3-4-6-11-18/h7-9,12,16-17H,2-6,10-11,13H2,1H3.